The first-order valence-electron chi connectivity index (χ1n) is 5.12. The number of H-pyrrole nitrogens is 1. The third-order valence-corrected chi connectivity index (χ3v) is 2.50. The molecule has 3 N–H and O–H groups in total. The van der Waals surface area contributed by atoms with E-state index in [4.69, 9.17) is 5.73 Å². The van der Waals surface area contributed by atoms with Gasteiger partial charge in [0.1, 0.15) is 6.33 Å². The zero-order valence-corrected chi connectivity index (χ0v) is 9.64. The van der Waals surface area contributed by atoms with Gasteiger partial charge in [0.05, 0.1) is 5.69 Å². The Balaban J connectivity index is 2.58. The minimum atomic E-state index is -0.598. The highest BCUT2D eigenvalue weighted by atomic mass is 16.2. The lowest BCUT2D eigenvalue weighted by Gasteiger charge is -2.21. The second-order valence-corrected chi connectivity index (χ2v) is 3.72. The maximum atomic E-state index is 11.6. The van der Waals surface area contributed by atoms with Gasteiger partial charge in [-0.2, -0.15) is 10.1 Å². The molecule has 0 aliphatic heterocycles. The number of carbonyl (C=O) groups excluding carboxylic acids is 1. The van der Waals surface area contributed by atoms with Crippen molar-refractivity contribution >= 4 is 17.7 Å². The summed E-state index contributed by atoms with van der Waals surface area (Å²) in [6.45, 7) is 3.82. The Morgan fingerprint density at radius 3 is 2.47 bits per heavy atom. The van der Waals surface area contributed by atoms with Crippen LogP contribution in [0.15, 0.2) is 24.5 Å². The molecule has 0 fully saturated rings. The monoisotopic (exact) mass is 231 g/mol. The molecule has 1 aromatic heterocycles. The van der Waals surface area contributed by atoms with Crippen LogP contribution in [-0.2, 0) is 0 Å². The maximum Gasteiger partial charge on any atom is 0.326 e. The highest BCUT2D eigenvalue weighted by molar-refractivity contribution is 5.98. The number of nitrogens with zero attached hydrogens (tertiary/aromatic N) is 3. The zero-order valence-electron chi connectivity index (χ0n) is 9.64. The molecule has 2 amide bonds. The lowest BCUT2D eigenvalue weighted by atomic mass is 10.1. The summed E-state index contributed by atoms with van der Waals surface area (Å²) in [6.07, 6.45) is 1.33. The Morgan fingerprint density at radius 2 is 2.00 bits per heavy atom. The first kappa shape index (κ1) is 11.1. The van der Waals surface area contributed by atoms with Crippen LogP contribution in [0, 0.1) is 13.8 Å². The van der Waals surface area contributed by atoms with Gasteiger partial charge in [0.2, 0.25) is 5.95 Å². The Bertz CT molecular complexity index is 515. The third-order valence-electron chi connectivity index (χ3n) is 2.50. The number of primary amides is 1. The second kappa shape index (κ2) is 4.25. The summed E-state index contributed by atoms with van der Waals surface area (Å²) in [5.41, 5.74) is 8.02. The molecule has 0 unspecified atom stereocenters. The van der Waals surface area contributed by atoms with Crippen molar-refractivity contribution in [2.24, 2.45) is 5.73 Å². The summed E-state index contributed by atoms with van der Waals surface area (Å²) in [5.74, 6) is 0.315. The Labute approximate surface area is 98.5 Å². The number of nitrogens with two attached hydrogens (primary N) is 1. The standard InChI is InChI=1S/C11H13N5O/c1-7-4-3-5-8(2)9(7)16(10(12)17)11-13-6-14-15-11/h3-6H,1-2H3,(H2,12,17)(H,13,14,15). The summed E-state index contributed by atoms with van der Waals surface area (Å²) in [6, 6.07) is 5.15. The van der Waals surface area contributed by atoms with Crippen molar-refractivity contribution in [3.05, 3.63) is 35.7 Å². The van der Waals surface area contributed by atoms with Gasteiger partial charge in [0.25, 0.3) is 0 Å². The van der Waals surface area contributed by atoms with Crippen LogP contribution in [0.5, 0.6) is 0 Å². The van der Waals surface area contributed by atoms with Gasteiger partial charge in [-0.3, -0.25) is 0 Å². The number of nitrogens with one attached hydrogen (secondary N) is 1. The summed E-state index contributed by atoms with van der Waals surface area (Å²) >= 11 is 0. The molecule has 0 saturated heterocycles. The van der Waals surface area contributed by atoms with Crippen LogP contribution in [0.1, 0.15) is 11.1 Å². The van der Waals surface area contributed by atoms with E-state index in [0.717, 1.165) is 16.8 Å². The van der Waals surface area contributed by atoms with E-state index < -0.39 is 6.03 Å². The molecule has 6 heteroatoms. The average molecular weight is 231 g/mol. The number of aromatic amines is 1. The maximum absolute atomic E-state index is 11.6. The van der Waals surface area contributed by atoms with Crippen molar-refractivity contribution in [1.82, 2.24) is 15.2 Å². The smallest absolute Gasteiger partial charge is 0.326 e. The quantitative estimate of drug-likeness (QED) is 0.823. The van der Waals surface area contributed by atoms with E-state index >= 15 is 0 Å². The zero-order chi connectivity index (χ0) is 12.4. The number of benzene rings is 1. The number of amides is 2. The van der Waals surface area contributed by atoms with Gasteiger partial charge >= 0.3 is 6.03 Å². The molecular weight excluding hydrogens is 218 g/mol. The molecule has 2 aromatic rings. The second-order valence-electron chi connectivity index (χ2n) is 3.72. The molecule has 0 spiro atoms. The molecule has 1 aromatic carbocycles. The van der Waals surface area contributed by atoms with Crippen LogP contribution >= 0.6 is 0 Å². The van der Waals surface area contributed by atoms with E-state index in [2.05, 4.69) is 15.2 Å². The van der Waals surface area contributed by atoms with E-state index in [9.17, 15) is 4.79 Å². The minimum Gasteiger partial charge on any atom is -0.351 e. The van der Waals surface area contributed by atoms with E-state index in [-0.39, 0.29) is 0 Å². The van der Waals surface area contributed by atoms with Crippen molar-refractivity contribution in [1.29, 1.82) is 0 Å². The lowest BCUT2D eigenvalue weighted by molar-refractivity contribution is 0.255. The molecule has 17 heavy (non-hydrogen) atoms. The molecule has 0 bridgehead atoms. The van der Waals surface area contributed by atoms with Gasteiger partial charge in [0.15, 0.2) is 0 Å². The van der Waals surface area contributed by atoms with Crippen LogP contribution in [0.25, 0.3) is 0 Å². The summed E-state index contributed by atoms with van der Waals surface area (Å²) in [5, 5.41) is 6.36. The number of aryl methyl sites for hydroxylation is 2. The van der Waals surface area contributed by atoms with Gasteiger partial charge in [0, 0.05) is 0 Å². The van der Waals surface area contributed by atoms with E-state index in [1.807, 2.05) is 32.0 Å². The predicted octanol–water partition coefficient (Wildman–Crippen LogP) is 1.64. The predicted molar refractivity (Wildman–Crippen MR) is 64.0 cm³/mol. The van der Waals surface area contributed by atoms with Crippen molar-refractivity contribution < 1.29 is 4.79 Å². The highest BCUT2D eigenvalue weighted by Crippen LogP contribution is 2.28. The average Bonchev–Trinajstić information content (AvgIpc) is 2.76. The van der Waals surface area contributed by atoms with Crippen LogP contribution in [0.4, 0.5) is 16.4 Å². The molecular formula is C11H13N5O. The molecule has 0 radical (unpaired) electrons. The molecule has 1 heterocycles. The van der Waals surface area contributed by atoms with E-state index in [1.165, 1.54) is 11.2 Å². The number of para-hydroxylation sites is 1. The molecule has 6 nitrogen and oxygen atoms in total. The first-order chi connectivity index (χ1) is 8.11. The fraction of sp³-hybridized carbons (Fsp3) is 0.182. The number of carbonyl (C=O) groups is 1. The van der Waals surface area contributed by atoms with Gasteiger partial charge in [-0.15, -0.1) is 0 Å². The number of aromatic nitrogens is 3. The molecule has 0 saturated carbocycles. The lowest BCUT2D eigenvalue weighted by Crippen LogP contribution is -2.33. The number of hydrogen-bond acceptors (Lipinski definition) is 3. The SMILES string of the molecule is Cc1cccc(C)c1N(C(N)=O)c1ncn[nH]1. The van der Waals surface area contributed by atoms with Gasteiger partial charge in [-0.25, -0.2) is 14.8 Å². The number of anilines is 2. The van der Waals surface area contributed by atoms with Crippen molar-refractivity contribution in [3.8, 4) is 0 Å². The van der Waals surface area contributed by atoms with Gasteiger partial charge in [-0.05, 0) is 25.0 Å². The topological polar surface area (TPSA) is 87.9 Å². The van der Waals surface area contributed by atoms with Crippen LogP contribution in [0.2, 0.25) is 0 Å². The fourth-order valence-corrected chi connectivity index (χ4v) is 1.79. The third kappa shape index (κ3) is 1.96. The highest BCUT2D eigenvalue weighted by Gasteiger charge is 2.21. The Kier molecular flexibility index (Phi) is 2.78. The number of rotatable bonds is 2. The van der Waals surface area contributed by atoms with Gasteiger partial charge < -0.3 is 5.73 Å². The molecule has 0 aliphatic carbocycles. The van der Waals surface area contributed by atoms with Crippen molar-refractivity contribution in [3.63, 3.8) is 0 Å². The van der Waals surface area contributed by atoms with Crippen LogP contribution < -0.4 is 10.6 Å². The van der Waals surface area contributed by atoms with E-state index in [0.29, 0.717) is 5.95 Å². The molecule has 0 aliphatic rings. The van der Waals surface area contributed by atoms with Crippen LogP contribution in [0.3, 0.4) is 0 Å². The number of hydrogen-bond donors (Lipinski definition) is 2. The van der Waals surface area contributed by atoms with Gasteiger partial charge in [-0.1, -0.05) is 18.2 Å². The normalized spacial score (nSPS) is 10.2. The fourth-order valence-electron chi connectivity index (χ4n) is 1.79. The van der Waals surface area contributed by atoms with Crippen molar-refractivity contribution in [2.75, 3.05) is 4.90 Å². The molecule has 88 valence electrons. The van der Waals surface area contributed by atoms with E-state index in [1.54, 1.807) is 0 Å². The Morgan fingerprint density at radius 1 is 1.35 bits per heavy atom. The number of urea groups is 1. The summed E-state index contributed by atoms with van der Waals surface area (Å²) in [7, 11) is 0. The molecule has 0 atom stereocenters. The Hall–Kier alpha value is -2.37. The summed E-state index contributed by atoms with van der Waals surface area (Å²) < 4.78 is 0. The summed E-state index contributed by atoms with van der Waals surface area (Å²) in [4.78, 5) is 16.8. The first-order valence-corrected chi connectivity index (χ1v) is 5.12. The van der Waals surface area contributed by atoms with Crippen LogP contribution in [-0.4, -0.2) is 21.2 Å². The molecule has 2 rings (SSSR count). The largest absolute Gasteiger partial charge is 0.351 e. The minimum absolute atomic E-state index is 0.315. The van der Waals surface area contributed by atoms with Crippen molar-refractivity contribution in [2.45, 2.75) is 13.8 Å².